The molecule has 0 fully saturated rings. The van der Waals surface area contributed by atoms with Crippen LogP contribution in [-0.4, -0.2) is 17.3 Å². The maximum Gasteiger partial charge on any atom is 0.363 e. The number of rotatable bonds is 6. The fourth-order valence-electron chi connectivity index (χ4n) is 1.33. The van der Waals surface area contributed by atoms with Crippen LogP contribution in [0, 0.1) is 0 Å². The second-order valence-electron chi connectivity index (χ2n) is 4.28. The van der Waals surface area contributed by atoms with Gasteiger partial charge in [-0.3, -0.25) is 4.57 Å². The van der Waals surface area contributed by atoms with E-state index in [1.807, 2.05) is 5.38 Å². The van der Waals surface area contributed by atoms with Crippen molar-refractivity contribution >= 4 is 18.9 Å². The minimum absolute atomic E-state index is 0.270. The third-order valence-electron chi connectivity index (χ3n) is 1.86. The molecule has 0 radical (unpaired) electrons. The third-order valence-corrected chi connectivity index (χ3v) is 4.89. The molecular formula is C11H19O4PS. The first kappa shape index (κ1) is 14.9. The van der Waals surface area contributed by atoms with Crippen LogP contribution < -0.4 is 0 Å². The van der Waals surface area contributed by atoms with Gasteiger partial charge in [0.1, 0.15) is 0 Å². The molecule has 0 saturated heterocycles. The molecular weight excluding hydrogens is 259 g/mol. The topological polar surface area (TPSA) is 55.8 Å². The Morgan fingerprint density at radius 1 is 1.24 bits per heavy atom. The van der Waals surface area contributed by atoms with Gasteiger partial charge in [-0.2, -0.15) is 11.3 Å². The largest absolute Gasteiger partial charge is 0.376 e. The Morgan fingerprint density at radius 3 is 2.12 bits per heavy atom. The summed E-state index contributed by atoms with van der Waals surface area (Å²) in [6.07, 6.45) is -0.541. The smallest absolute Gasteiger partial charge is 0.363 e. The van der Waals surface area contributed by atoms with E-state index in [2.05, 4.69) is 0 Å². The van der Waals surface area contributed by atoms with Crippen LogP contribution in [0.2, 0.25) is 0 Å². The average molecular weight is 278 g/mol. The summed E-state index contributed by atoms with van der Waals surface area (Å²) in [6, 6.07) is 1.72. The summed E-state index contributed by atoms with van der Waals surface area (Å²) in [5.41, 5.74) is 0.569. The second-order valence-corrected chi connectivity index (χ2v) is 7.05. The van der Waals surface area contributed by atoms with Crippen LogP contribution in [0.25, 0.3) is 0 Å². The van der Waals surface area contributed by atoms with Crippen LogP contribution in [0.1, 0.15) is 39.1 Å². The molecule has 1 aromatic heterocycles. The van der Waals surface area contributed by atoms with Crippen LogP contribution in [0.15, 0.2) is 16.8 Å². The molecule has 1 N–H and O–H groups in total. The van der Waals surface area contributed by atoms with Crippen molar-refractivity contribution < 1.29 is 18.7 Å². The van der Waals surface area contributed by atoms with Gasteiger partial charge in [0.2, 0.25) is 0 Å². The molecule has 0 aliphatic carbocycles. The molecule has 0 spiro atoms. The third kappa shape index (κ3) is 4.19. The zero-order chi connectivity index (χ0) is 13.1. The van der Waals surface area contributed by atoms with Crippen molar-refractivity contribution in [3.8, 4) is 0 Å². The summed E-state index contributed by atoms with van der Waals surface area (Å²) in [5.74, 6) is -1.22. The van der Waals surface area contributed by atoms with Crippen molar-refractivity contribution in [3.05, 3.63) is 22.4 Å². The van der Waals surface area contributed by atoms with Gasteiger partial charge in [0.05, 0.1) is 12.2 Å². The minimum Gasteiger partial charge on any atom is -0.376 e. The van der Waals surface area contributed by atoms with E-state index in [0.29, 0.717) is 5.56 Å². The van der Waals surface area contributed by atoms with Crippen LogP contribution in [0.5, 0.6) is 0 Å². The van der Waals surface area contributed by atoms with E-state index in [1.54, 1.807) is 39.1 Å². The Morgan fingerprint density at radius 2 is 1.76 bits per heavy atom. The summed E-state index contributed by atoms with van der Waals surface area (Å²) >= 11 is 1.43. The highest BCUT2D eigenvalue weighted by molar-refractivity contribution is 7.54. The van der Waals surface area contributed by atoms with Crippen molar-refractivity contribution in [2.24, 2.45) is 0 Å². The maximum atomic E-state index is 12.5. The Hall–Kier alpha value is -0.190. The first-order chi connectivity index (χ1) is 7.85. The van der Waals surface area contributed by atoms with Crippen LogP contribution >= 0.6 is 18.9 Å². The van der Waals surface area contributed by atoms with E-state index >= 15 is 0 Å². The molecule has 4 nitrogen and oxygen atoms in total. The quantitative estimate of drug-likeness (QED) is 0.804. The van der Waals surface area contributed by atoms with Crippen molar-refractivity contribution in [2.45, 2.75) is 45.7 Å². The Labute approximate surface area is 106 Å². The highest BCUT2D eigenvalue weighted by Crippen LogP contribution is 2.61. The predicted octanol–water partition coefficient (Wildman–Crippen LogP) is 3.78. The van der Waals surface area contributed by atoms with Crippen molar-refractivity contribution in [1.82, 2.24) is 0 Å². The zero-order valence-corrected chi connectivity index (χ0v) is 12.2. The first-order valence-corrected chi connectivity index (χ1v) is 8.07. The molecule has 98 valence electrons. The van der Waals surface area contributed by atoms with Crippen LogP contribution in [0.4, 0.5) is 0 Å². The van der Waals surface area contributed by atoms with Crippen molar-refractivity contribution in [2.75, 3.05) is 0 Å². The molecule has 17 heavy (non-hydrogen) atoms. The van der Waals surface area contributed by atoms with Gasteiger partial charge in [-0.1, -0.05) is 0 Å². The molecule has 0 aromatic carbocycles. The van der Waals surface area contributed by atoms with Gasteiger partial charge in [-0.05, 0) is 44.5 Å². The van der Waals surface area contributed by atoms with Crippen LogP contribution in [0.3, 0.4) is 0 Å². The SMILES string of the molecule is CC(C)OP(=O)(OC(C)C)C(O)c1ccsc1. The van der Waals surface area contributed by atoms with Gasteiger partial charge in [0.25, 0.3) is 0 Å². The summed E-state index contributed by atoms with van der Waals surface area (Å²) in [5, 5.41) is 13.7. The standard InChI is InChI=1S/C11H19O4PS/c1-8(2)14-16(13,15-9(3)4)11(12)10-5-6-17-7-10/h5-9,11-12H,1-4H3. The Bertz CT molecular complexity index is 361. The number of thiophene rings is 1. The van der Waals surface area contributed by atoms with Gasteiger partial charge in [0.15, 0.2) is 5.85 Å². The average Bonchev–Trinajstić information content (AvgIpc) is 2.66. The normalized spacial score (nSPS) is 14.5. The van der Waals surface area contributed by atoms with Crippen molar-refractivity contribution in [1.29, 1.82) is 0 Å². The molecule has 1 rings (SSSR count). The molecule has 1 unspecified atom stereocenters. The molecule has 0 amide bonds. The fourth-order valence-corrected chi connectivity index (χ4v) is 4.09. The van der Waals surface area contributed by atoms with E-state index in [4.69, 9.17) is 9.05 Å². The molecule has 0 aliphatic rings. The second kappa shape index (κ2) is 6.12. The lowest BCUT2D eigenvalue weighted by molar-refractivity contribution is 0.101. The Balaban J connectivity index is 2.93. The zero-order valence-electron chi connectivity index (χ0n) is 10.5. The van der Waals surface area contributed by atoms with Gasteiger partial charge >= 0.3 is 7.60 Å². The fraction of sp³-hybridized carbons (Fsp3) is 0.636. The number of hydrogen-bond donors (Lipinski definition) is 1. The minimum atomic E-state index is -3.55. The molecule has 1 heterocycles. The highest BCUT2D eigenvalue weighted by atomic mass is 32.1. The maximum absolute atomic E-state index is 12.5. The highest BCUT2D eigenvalue weighted by Gasteiger charge is 2.38. The molecule has 0 aliphatic heterocycles. The van der Waals surface area contributed by atoms with Crippen LogP contribution in [-0.2, 0) is 13.6 Å². The van der Waals surface area contributed by atoms with E-state index in [9.17, 15) is 9.67 Å². The number of aliphatic hydroxyl groups excluding tert-OH is 1. The molecule has 6 heteroatoms. The summed E-state index contributed by atoms with van der Waals surface area (Å²) in [7, 11) is -3.55. The lowest BCUT2D eigenvalue weighted by Gasteiger charge is -2.26. The summed E-state index contributed by atoms with van der Waals surface area (Å²) in [4.78, 5) is 0. The van der Waals surface area contributed by atoms with Gasteiger partial charge in [-0.15, -0.1) is 0 Å². The van der Waals surface area contributed by atoms with Crippen molar-refractivity contribution in [3.63, 3.8) is 0 Å². The molecule has 0 saturated carbocycles. The number of hydrogen-bond acceptors (Lipinski definition) is 5. The van der Waals surface area contributed by atoms with Gasteiger partial charge in [0, 0.05) is 5.56 Å². The van der Waals surface area contributed by atoms with E-state index in [1.165, 1.54) is 11.3 Å². The lowest BCUT2D eigenvalue weighted by atomic mass is 10.4. The molecule has 1 aromatic rings. The van der Waals surface area contributed by atoms with Gasteiger partial charge in [-0.25, -0.2) is 0 Å². The summed E-state index contributed by atoms with van der Waals surface area (Å²) < 4.78 is 23.2. The van der Waals surface area contributed by atoms with Gasteiger partial charge < -0.3 is 14.2 Å². The predicted molar refractivity (Wildman–Crippen MR) is 69.3 cm³/mol. The molecule has 1 atom stereocenters. The van der Waals surface area contributed by atoms with E-state index in [0.717, 1.165) is 0 Å². The summed E-state index contributed by atoms with van der Waals surface area (Å²) in [6.45, 7) is 7.04. The number of aliphatic hydroxyl groups is 1. The first-order valence-electron chi connectivity index (χ1n) is 5.52. The Kier molecular flexibility index (Phi) is 5.35. The van der Waals surface area contributed by atoms with E-state index < -0.39 is 13.4 Å². The monoisotopic (exact) mass is 278 g/mol. The lowest BCUT2D eigenvalue weighted by Crippen LogP contribution is -2.13. The van der Waals surface area contributed by atoms with E-state index in [-0.39, 0.29) is 12.2 Å². The molecule has 0 bridgehead atoms.